The van der Waals surface area contributed by atoms with E-state index in [1.807, 2.05) is 36.6 Å². The third-order valence-corrected chi connectivity index (χ3v) is 7.57. The van der Waals surface area contributed by atoms with Crippen LogP contribution >= 0.6 is 11.3 Å². The molecule has 1 aliphatic rings. The number of sulfonamides is 1. The second kappa shape index (κ2) is 7.55. The van der Waals surface area contributed by atoms with E-state index in [9.17, 15) is 8.42 Å². The maximum atomic E-state index is 12.8. The molecule has 27 heavy (non-hydrogen) atoms. The molecule has 0 spiro atoms. The zero-order valence-electron chi connectivity index (χ0n) is 15.1. The summed E-state index contributed by atoms with van der Waals surface area (Å²) < 4.78 is 32.7. The molecule has 6 nitrogen and oxygen atoms in total. The molecule has 0 saturated carbocycles. The minimum absolute atomic E-state index is 0.369. The topological polar surface area (TPSA) is 67.8 Å². The van der Waals surface area contributed by atoms with Gasteiger partial charge >= 0.3 is 0 Å². The van der Waals surface area contributed by atoms with Crippen LogP contribution in [0.2, 0.25) is 0 Å². The number of aromatic nitrogens is 1. The number of oxazole rings is 1. The third kappa shape index (κ3) is 3.98. The van der Waals surface area contributed by atoms with Gasteiger partial charge in [-0.3, -0.25) is 0 Å². The van der Waals surface area contributed by atoms with E-state index in [1.54, 1.807) is 34.0 Å². The van der Waals surface area contributed by atoms with Crippen molar-refractivity contribution in [2.75, 3.05) is 26.2 Å². The Morgan fingerprint density at radius 1 is 1.19 bits per heavy atom. The van der Waals surface area contributed by atoms with Crippen LogP contribution in [0.25, 0.3) is 10.8 Å². The maximum absolute atomic E-state index is 12.8. The van der Waals surface area contributed by atoms with Gasteiger partial charge in [0.1, 0.15) is 18.5 Å². The highest BCUT2D eigenvalue weighted by Crippen LogP contribution is 2.23. The van der Waals surface area contributed by atoms with Gasteiger partial charge in [-0.05, 0) is 30.5 Å². The molecule has 3 heterocycles. The fourth-order valence-corrected chi connectivity index (χ4v) is 5.33. The summed E-state index contributed by atoms with van der Waals surface area (Å²) in [5, 5.41) is 2.00. The van der Waals surface area contributed by atoms with Crippen molar-refractivity contribution in [2.24, 2.45) is 0 Å². The molecule has 0 bridgehead atoms. The molecule has 1 aromatic carbocycles. The number of hydrogen-bond acceptors (Lipinski definition) is 5. The molecule has 4 rings (SSSR count). The first-order valence-corrected chi connectivity index (χ1v) is 11.2. The molecular weight excluding hydrogens is 382 g/mol. The van der Waals surface area contributed by atoms with Crippen LogP contribution in [-0.2, 0) is 16.6 Å². The first kappa shape index (κ1) is 18.4. The van der Waals surface area contributed by atoms with Crippen molar-refractivity contribution >= 4 is 21.4 Å². The maximum Gasteiger partial charge on any atom is 0.243 e. The van der Waals surface area contributed by atoms with E-state index < -0.39 is 10.0 Å². The number of nitrogens with zero attached hydrogens (tertiary/aromatic N) is 2. The Balaban J connectivity index is 1.37. The number of thiophene rings is 1. The number of hydrogen-bond donors (Lipinski definition) is 1. The number of aryl methyl sites for hydroxylation is 1. The summed E-state index contributed by atoms with van der Waals surface area (Å²) in [6, 6.07) is 11.0. The minimum Gasteiger partial charge on any atom is -0.443 e. The van der Waals surface area contributed by atoms with Gasteiger partial charge in [-0.1, -0.05) is 23.8 Å². The van der Waals surface area contributed by atoms with E-state index >= 15 is 0 Å². The Morgan fingerprint density at radius 3 is 2.59 bits per heavy atom. The van der Waals surface area contributed by atoms with Gasteiger partial charge in [0.2, 0.25) is 15.9 Å². The Hall–Kier alpha value is -2.00. The predicted octanol–water partition coefficient (Wildman–Crippen LogP) is 1.80. The molecule has 1 saturated heterocycles. The van der Waals surface area contributed by atoms with Crippen LogP contribution < -0.4 is 4.90 Å². The van der Waals surface area contributed by atoms with Gasteiger partial charge in [-0.2, -0.15) is 4.31 Å². The monoisotopic (exact) mass is 404 g/mol. The fraction of sp³-hybridized carbons (Fsp3) is 0.316. The van der Waals surface area contributed by atoms with Crippen LogP contribution in [0.4, 0.5) is 0 Å². The molecule has 2 aromatic heterocycles. The van der Waals surface area contributed by atoms with Gasteiger partial charge in [0.15, 0.2) is 0 Å². The Bertz CT molecular complexity index is 987. The van der Waals surface area contributed by atoms with Crippen molar-refractivity contribution in [1.29, 1.82) is 0 Å². The van der Waals surface area contributed by atoms with Crippen LogP contribution in [0, 0.1) is 6.92 Å². The van der Waals surface area contributed by atoms with Crippen LogP contribution in [0.15, 0.2) is 57.4 Å². The average molecular weight is 405 g/mol. The average Bonchev–Trinajstić information content (AvgIpc) is 3.34. The van der Waals surface area contributed by atoms with E-state index in [0.717, 1.165) is 35.8 Å². The molecule has 0 unspecified atom stereocenters. The zero-order chi connectivity index (χ0) is 18.9. The molecule has 1 N–H and O–H groups in total. The van der Waals surface area contributed by atoms with Gasteiger partial charge < -0.3 is 9.32 Å². The van der Waals surface area contributed by atoms with E-state index in [1.165, 1.54) is 4.90 Å². The largest absolute Gasteiger partial charge is 0.443 e. The van der Waals surface area contributed by atoms with Crippen LogP contribution in [0.3, 0.4) is 0 Å². The van der Waals surface area contributed by atoms with Gasteiger partial charge in [0.05, 0.1) is 36.0 Å². The molecule has 0 atom stereocenters. The Morgan fingerprint density at radius 2 is 1.93 bits per heavy atom. The first-order chi connectivity index (χ1) is 13.0. The lowest BCUT2D eigenvalue weighted by Crippen LogP contribution is -3.13. The minimum atomic E-state index is -3.41. The number of nitrogens with one attached hydrogen (secondary N) is 1. The molecule has 3 aromatic rings. The normalized spacial score (nSPS) is 16.6. The lowest BCUT2D eigenvalue weighted by Gasteiger charge is -2.31. The van der Waals surface area contributed by atoms with E-state index in [2.05, 4.69) is 4.98 Å². The van der Waals surface area contributed by atoms with E-state index in [4.69, 9.17) is 4.42 Å². The summed E-state index contributed by atoms with van der Waals surface area (Å²) in [5.41, 5.74) is 1.96. The molecular formula is C19H22N3O3S2+. The predicted molar refractivity (Wildman–Crippen MR) is 104 cm³/mol. The van der Waals surface area contributed by atoms with Crippen molar-refractivity contribution < 1.29 is 17.7 Å². The summed E-state index contributed by atoms with van der Waals surface area (Å²) in [5.74, 6) is 0.653. The summed E-state index contributed by atoms with van der Waals surface area (Å²) in [7, 11) is -3.41. The van der Waals surface area contributed by atoms with Crippen LogP contribution in [0.5, 0.6) is 0 Å². The van der Waals surface area contributed by atoms with Gasteiger partial charge in [-0.25, -0.2) is 13.4 Å². The van der Waals surface area contributed by atoms with Crippen LogP contribution in [-0.4, -0.2) is 43.9 Å². The molecule has 0 radical (unpaired) electrons. The lowest BCUT2D eigenvalue weighted by atomic mass is 10.2. The zero-order valence-corrected chi connectivity index (χ0v) is 16.7. The molecule has 1 fully saturated rings. The Kier molecular flexibility index (Phi) is 5.14. The SMILES string of the molecule is Cc1ccc(S(=O)(=O)N2CC[NH+](Cc3coc(-c4cccs4)n3)CC2)cc1. The van der Waals surface area contributed by atoms with Crippen molar-refractivity contribution in [3.05, 3.63) is 59.3 Å². The molecule has 1 aliphatic heterocycles. The van der Waals surface area contributed by atoms with Gasteiger partial charge in [-0.15, -0.1) is 11.3 Å². The van der Waals surface area contributed by atoms with Crippen molar-refractivity contribution in [3.63, 3.8) is 0 Å². The second-order valence-corrected chi connectivity index (χ2v) is 9.65. The Labute approximate surface area is 163 Å². The van der Waals surface area contributed by atoms with Crippen molar-refractivity contribution in [1.82, 2.24) is 9.29 Å². The second-order valence-electron chi connectivity index (χ2n) is 6.77. The standard InChI is InChI=1S/C19H21N3O3S2/c1-15-4-6-17(7-5-15)27(23,24)22-10-8-21(9-11-22)13-16-14-25-19(20-16)18-3-2-12-26-18/h2-7,12,14H,8-11,13H2,1H3/p+1. The summed E-state index contributed by atoms with van der Waals surface area (Å²) >= 11 is 1.60. The highest BCUT2D eigenvalue weighted by molar-refractivity contribution is 7.89. The number of rotatable bonds is 5. The van der Waals surface area contributed by atoms with Crippen molar-refractivity contribution in [2.45, 2.75) is 18.4 Å². The quantitative estimate of drug-likeness (QED) is 0.704. The number of benzene rings is 1. The molecule has 8 heteroatoms. The third-order valence-electron chi connectivity index (χ3n) is 4.80. The lowest BCUT2D eigenvalue weighted by molar-refractivity contribution is -0.917. The van der Waals surface area contributed by atoms with Crippen LogP contribution in [0.1, 0.15) is 11.3 Å². The van der Waals surface area contributed by atoms with E-state index in [0.29, 0.717) is 23.9 Å². The molecule has 0 aliphatic carbocycles. The summed E-state index contributed by atoms with van der Waals surface area (Å²) in [6.07, 6.45) is 1.71. The highest BCUT2D eigenvalue weighted by Gasteiger charge is 2.30. The number of piperazine rings is 1. The van der Waals surface area contributed by atoms with Gasteiger partial charge in [0, 0.05) is 0 Å². The molecule has 0 amide bonds. The smallest absolute Gasteiger partial charge is 0.243 e. The summed E-state index contributed by atoms with van der Waals surface area (Å²) in [6.45, 7) is 5.24. The summed E-state index contributed by atoms with van der Waals surface area (Å²) in [4.78, 5) is 7.27. The molecule has 142 valence electrons. The van der Waals surface area contributed by atoms with Crippen molar-refractivity contribution in [3.8, 4) is 10.8 Å². The number of quaternary nitrogens is 1. The van der Waals surface area contributed by atoms with E-state index in [-0.39, 0.29) is 0 Å². The van der Waals surface area contributed by atoms with Gasteiger partial charge in [0.25, 0.3) is 0 Å². The fourth-order valence-electron chi connectivity index (χ4n) is 3.24. The first-order valence-electron chi connectivity index (χ1n) is 8.91. The highest BCUT2D eigenvalue weighted by atomic mass is 32.2.